The van der Waals surface area contributed by atoms with Crippen LogP contribution in [0.15, 0.2) is 24.3 Å². The van der Waals surface area contributed by atoms with E-state index in [0.717, 1.165) is 6.07 Å². The molecule has 0 unspecified atom stereocenters. The standard InChI is InChI=1S/C11H7ClF4N2O/c12-5-1-2-8(19)6(3-5)7-4-9(18-17-7)11(15,16)10(13)14/h1-4,10,19H,(H,17,18). The number of halogens is 5. The third-order valence-corrected chi connectivity index (χ3v) is 2.68. The van der Waals surface area contributed by atoms with Gasteiger partial charge in [0, 0.05) is 10.6 Å². The number of alkyl halides is 4. The average Bonchev–Trinajstić information content (AvgIpc) is 2.82. The first-order chi connectivity index (χ1) is 8.82. The van der Waals surface area contributed by atoms with Crippen molar-refractivity contribution in [2.24, 2.45) is 0 Å². The van der Waals surface area contributed by atoms with E-state index in [4.69, 9.17) is 11.6 Å². The lowest BCUT2D eigenvalue weighted by atomic mass is 10.1. The second kappa shape index (κ2) is 4.73. The van der Waals surface area contributed by atoms with Crippen molar-refractivity contribution in [2.45, 2.75) is 12.3 Å². The smallest absolute Gasteiger partial charge is 0.348 e. The summed E-state index contributed by atoms with van der Waals surface area (Å²) in [6.45, 7) is 0. The van der Waals surface area contributed by atoms with Crippen LogP contribution in [0.1, 0.15) is 5.69 Å². The van der Waals surface area contributed by atoms with Gasteiger partial charge in [-0.15, -0.1) is 0 Å². The summed E-state index contributed by atoms with van der Waals surface area (Å²) in [4.78, 5) is 0. The van der Waals surface area contributed by atoms with Gasteiger partial charge in [0.2, 0.25) is 0 Å². The number of nitrogens with zero attached hydrogens (tertiary/aromatic N) is 1. The molecule has 102 valence electrons. The Balaban J connectivity index is 2.44. The quantitative estimate of drug-likeness (QED) is 0.846. The van der Waals surface area contributed by atoms with Gasteiger partial charge >= 0.3 is 12.3 Å². The van der Waals surface area contributed by atoms with Crippen molar-refractivity contribution in [1.29, 1.82) is 0 Å². The number of H-pyrrole nitrogens is 1. The third-order valence-electron chi connectivity index (χ3n) is 2.45. The van der Waals surface area contributed by atoms with Gasteiger partial charge in [-0.05, 0) is 24.3 Å². The lowest BCUT2D eigenvalue weighted by Crippen LogP contribution is -2.23. The summed E-state index contributed by atoms with van der Waals surface area (Å²) in [6.07, 6.45) is -3.85. The normalized spacial score (nSPS) is 12.1. The Hall–Kier alpha value is -1.76. The number of aromatic amines is 1. The molecule has 0 saturated carbocycles. The van der Waals surface area contributed by atoms with Crippen molar-refractivity contribution in [1.82, 2.24) is 10.2 Å². The predicted octanol–water partition coefficient (Wildman–Crippen LogP) is 3.79. The number of rotatable bonds is 3. The minimum Gasteiger partial charge on any atom is -0.507 e. The fraction of sp³-hybridized carbons (Fsp3) is 0.182. The van der Waals surface area contributed by atoms with Gasteiger partial charge in [-0.1, -0.05) is 11.6 Å². The maximum absolute atomic E-state index is 13.1. The monoisotopic (exact) mass is 294 g/mol. The molecule has 0 bridgehead atoms. The van der Waals surface area contributed by atoms with Crippen LogP contribution in [0.25, 0.3) is 11.3 Å². The number of aromatic nitrogens is 2. The highest BCUT2D eigenvalue weighted by molar-refractivity contribution is 6.30. The molecule has 2 N–H and O–H groups in total. The molecule has 0 aliphatic carbocycles. The summed E-state index contributed by atoms with van der Waals surface area (Å²) >= 11 is 5.70. The van der Waals surface area contributed by atoms with E-state index in [0.29, 0.717) is 0 Å². The minimum atomic E-state index is -4.33. The van der Waals surface area contributed by atoms with Gasteiger partial charge in [-0.25, -0.2) is 8.78 Å². The second-order valence-corrected chi connectivity index (χ2v) is 4.19. The third kappa shape index (κ3) is 2.51. The molecule has 1 aromatic heterocycles. The first-order valence-electron chi connectivity index (χ1n) is 5.03. The van der Waals surface area contributed by atoms with Gasteiger partial charge in [-0.2, -0.15) is 13.9 Å². The summed E-state index contributed by atoms with van der Waals surface area (Å²) in [6, 6.07) is 4.67. The summed E-state index contributed by atoms with van der Waals surface area (Å²) in [5, 5.41) is 15.1. The number of hydrogen-bond acceptors (Lipinski definition) is 2. The summed E-state index contributed by atoms with van der Waals surface area (Å²) in [5.41, 5.74) is -1.06. The van der Waals surface area contributed by atoms with E-state index >= 15 is 0 Å². The SMILES string of the molecule is Oc1ccc(Cl)cc1-c1cc(C(F)(F)C(F)F)[nH]n1. The minimum absolute atomic E-state index is 0.0695. The average molecular weight is 295 g/mol. The lowest BCUT2D eigenvalue weighted by Gasteiger charge is -2.11. The van der Waals surface area contributed by atoms with Crippen molar-refractivity contribution < 1.29 is 22.7 Å². The Morgan fingerprint density at radius 2 is 1.95 bits per heavy atom. The van der Waals surface area contributed by atoms with E-state index in [1.807, 2.05) is 5.10 Å². The molecule has 0 aliphatic rings. The van der Waals surface area contributed by atoms with E-state index in [2.05, 4.69) is 5.10 Å². The van der Waals surface area contributed by atoms with Crippen LogP contribution in [0.2, 0.25) is 5.02 Å². The fourth-order valence-corrected chi connectivity index (χ4v) is 1.63. The molecule has 0 fully saturated rings. The topological polar surface area (TPSA) is 48.9 Å². The number of phenolic OH excluding ortho intramolecular Hbond substituents is 1. The Labute approximate surface area is 109 Å². The van der Waals surface area contributed by atoms with Crippen molar-refractivity contribution >= 4 is 11.6 Å². The first-order valence-corrected chi connectivity index (χ1v) is 5.41. The van der Waals surface area contributed by atoms with Crippen LogP contribution in [-0.2, 0) is 5.92 Å². The Morgan fingerprint density at radius 3 is 2.58 bits per heavy atom. The van der Waals surface area contributed by atoms with Crippen molar-refractivity contribution in [3.63, 3.8) is 0 Å². The maximum atomic E-state index is 13.1. The summed E-state index contributed by atoms with van der Waals surface area (Å²) < 4.78 is 50.5. The Bertz CT molecular complexity index is 600. The predicted molar refractivity (Wildman–Crippen MR) is 60.6 cm³/mol. The Morgan fingerprint density at radius 1 is 1.26 bits per heavy atom. The van der Waals surface area contributed by atoms with Gasteiger partial charge in [-0.3, -0.25) is 5.10 Å². The molecule has 2 rings (SSSR count). The molecule has 0 aliphatic heterocycles. The highest BCUT2D eigenvalue weighted by Crippen LogP contribution is 2.37. The number of benzene rings is 1. The van der Waals surface area contributed by atoms with Crippen LogP contribution < -0.4 is 0 Å². The van der Waals surface area contributed by atoms with E-state index in [9.17, 15) is 22.7 Å². The molecule has 0 amide bonds. The van der Waals surface area contributed by atoms with E-state index in [-0.39, 0.29) is 22.0 Å². The molecule has 8 heteroatoms. The molecule has 0 saturated heterocycles. The molecular formula is C11H7ClF4N2O. The van der Waals surface area contributed by atoms with Gasteiger partial charge in [0.15, 0.2) is 0 Å². The van der Waals surface area contributed by atoms with Gasteiger partial charge in [0.05, 0.1) is 5.69 Å². The zero-order valence-corrected chi connectivity index (χ0v) is 9.93. The highest BCUT2D eigenvalue weighted by atomic mass is 35.5. The molecule has 1 aromatic carbocycles. The zero-order chi connectivity index (χ0) is 14.2. The molecule has 19 heavy (non-hydrogen) atoms. The van der Waals surface area contributed by atoms with E-state index in [1.54, 1.807) is 0 Å². The molecule has 1 heterocycles. The number of hydrogen-bond donors (Lipinski definition) is 2. The van der Waals surface area contributed by atoms with Gasteiger partial charge in [0.25, 0.3) is 0 Å². The van der Waals surface area contributed by atoms with Crippen LogP contribution in [0.5, 0.6) is 5.75 Å². The maximum Gasteiger partial charge on any atom is 0.348 e. The molecular weight excluding hydrogens is 288 g/mol. The zero-order valence-electron chi connectivity index (χ0n) is 9.17. The van der Waals surface area contributed by atoms with Crippen LogP contribution in [0.4, 0.5) is 17.6 Å². The van der Waals surface area contributed by atoms with Crippen molar-refractivity contribution in [3.8, 4) is 17.0 Å². The summed E-state index contributed by atoms with van der Waals surface area (Å²) in [5.74, 6) is -4.58. The van der Waals surface area contributed by atoms with Crippen LogP contribution in [0, 0.1) is 0 Å². The molecule has 3 nitrogen and oxygen atoms in total. The van der Waals surface area contributed by atoms with E-state index in [1.165, 1.54) is 18.2 Å². The van der Waals surface area contributed by atoms with Crippen molar-refractivity contribution in [3.05, 3.63) is 35.0 Å². The van der Waals surface area contributed by atoms with Crippen LogP contribution in [0.3, 0.4) is 0 Å². The van der Waals surface area contributed by atoms with Crippen LogP contribution >= 0.6 is 11.6 Å². The molecule has 2 aromatic rings. The summed E-state index contributed by atoms with van der Waals surface area (Å²) in [7, 11) is 0. The highest BCUT2D eigenvalue weighted by Gasteiger charge is 2.44. The molecule has 0 spiro atoms. The second-order valence-electron chi connectivity index (χ2n) is 3.75. The number of phenols is 1. The van der Waals surface area contributed by atoms with Gasteiger partial charge < -0.3 is 5.11 Å². The van der Waals surface area contributed by atoms with Crippen LogP contribution in [-0.4, -0.2) is 21.7 Å². The fourth-order valence-electron chi connectivity index (χ4n) is 1.46. The first kappa shape index (κ1) is 13.7. The molecule has 0 radical (unpaired) electrons. The lowest BCUT2D eigenvalue weighted by molar-refractivity contribution is -0.137. The number of nitrogens with one attached hydrogen (secondary N) is 1. The van der Waals surface area contributed by atoms with Crippen molar-refractivity contribution in [2.75, 3.05) is 0 Å². The van der Waals surface area contributed by atoms with E-state index < -0.39 is 18.0 Å². The number of aromatic hydroxyl groups is 1. The Kier molecular flexibility index (Phi) is 3.40. The van der Waals surface area contributed by atoms with Gasteiger partial charge in [0.1, 0.15) is 11.4 Å². The largest absolute Gasteiger partial charge is 0.507 e. The molecule has 0 atom stereocenters.